The quantitative estimate of drug-likeness (QED) is 0.807. The molecule has 0 amide bonds. The zero-order valence-electron chi connectivity index (χ0n) is 9.87. The van der Waals surface area contributed by atoms with E-state index in [1.807, 2.05) is 30.3 Å². The third-order valence-electron chi connectivity index (χ3n) is 2.98. The van der Waals surface area contributed by atoms with E-state index in [4.69, 9.17) is 14.8 Å². The van der Waals surface area contributed by atoms with Crippen molar-refractivity contribution in [3.05, 3.63) is 30.1 Å². The zero-order valence-corrected chi connectivity index (χ0v) is 9.87. The van der Waals surface area contributed by atoms with Gasteiger partial charge >= 0.3 is 0 Å². The van der Waals surface area contributed by atoms with E-state index in [0.29, 0.717) is 6.61 Å². The summed E-state index contributed by atoms with van der Waals surface area (Å²) in [6, 6.07) is 9.57. The average molecular weight is 243 g/mol. The van der Waals surface area contributed by atoms with Crippen LogP contribution in [0.4, 0.5) is 0 Å². The van der Waals surface area contributed by atoms with Gasteiger partial charge in [-0.15, -0.1) is 4.73 Å². The smallest absolute Gasteiger partial charge is 0.247 e. The normalized spacial score (nSPS) is 19.6. The van der Waals surface area contributed by atoms with Gasteiger partial charge in [0.2, 0.25) is 12.1 Å². The first-order chi connectivity index (χ1) is 8.88. The number of imidazole rings is 1. The summed E-state index contributed by atoms with van der Waals surface area (Å²) >= 11 is 0. The van der Waals surface area contributed by atoms with Crippen molar-refractivity contribution in [1.82, 2.24) is 9.71 Å². The molecule has 1 aliphatic rings. The van der Waals surface area contributed by atoms with Crippen LogP contribution in [0.3, 0.4) is 0 Å². The number of ether oxygens (including phenoxy) is 1. The Morgan fingerprint density at radius 3 is 3.06 bits per heavy atom. The van der Waals surface area contributed by atoms with Crippen LogP contribution in [0.1, 0.15) is 25.1 Å². The van der Waals surface area contributed by atoms with Crippen LogP contribution in [0.2, 0.25) is 0 Å². The van der Waals surface area contributed by atoms with E-state index in [1.165, 1.54) is 4.73 Å². The van der Waals surface area contributed by atoms with E-state index in [1.54, 1.807) is 0 Å². The molecule has 18 heavy (non-hydrogen) atoms. The molecule has 1 aliphatic heterocycles. The fraction of sp³-hybridized carbons (Fsp3) is 0.385. The Hall–Kier alpha value is -2.06. The van der Waals surface area contributed by atoms with Gasteiger partial charge in [0, 0.05) is 6.42 Å². The van der Waals surface area contributed by atoms with E-state index >= 15 is 0 Å². The van der Waals surface area contributed by atoms with Crippen molar-refractivity contribution >= 4 is 11.0 Å². The summed E-state index contributed by atoms with van der Waals surface area (Å²) in [5.74, 6) is 0.255. The van der Waals surface area contributed by atoms with Gasteiger partial charge in [-0.1, -0.05) is 12.1 Å². The lowest BCUT2D eigenvalue weighted by Crippen LogP contribution is -2.31. The number of para-hydroxylation sites is 2. The molecule has 1 aromatic heterocycles. The van der Waals surface area contributed by atoms with Crippen LogP contribution in [-0.4, -0.2) is 22.6 Å². The third-order valence-corrected chi connectivity index (χ3v) is 2.98. The lowest BCUT2D eigenvalue weighted by Gasteiger charge is -2.23. The molecule has 1 unspecified atom stereocenters. The summed E-state index contributed by atoms with van der Waals surface area (Å²) in [6.45, 7) is 0.708. The number of benzene rings is 1. The average Bonchev–Trinajstić information content (AvgIpc) is 2.78. The van der Waals surface area contributed by atoms with Gasteiger partial charge in [0.15, 0.2) is 0 Å². The molecule has 0 bridgehead atoms. The second kappa shape index (κ2) is 4.67. The van der Waals surface area contributed by atoms with E-state index in [0.717, 1.165) is 30.3 Å². The number of hydrogen-bond donors (Lipinski definition) is 0. The summed E-state index contributed by atoms with van der Waals surface area (Å²) in [7, 11) is 0. The third kappa shape index (κ3) is 1.91. The maximum absolute atomic E-state index is 9.09. The molecular formula is C13H13N3O2. The Morgan fingerprint density at radius 1 is 1.39 bits per heavy atom. The molecule has 0 aliphatic carbocycles. The lowest BCUT2D eigenvalue weighted by molar-refractivity contribution is -0.162. The summed E-state index contributed by atoms with van der Waals surface area (Å²) in [5.41, 5.74) is 1.55. The largest absolute Gasteiger partial charge is 0.379 e. The van der Waals surface area contributed by atoms with Gasteiger partial charge < -0.3 is 9.57 Å². The minimum Gasteiger partial charge on any atom is -0.379 e. The highest BCUT2D eigenvalue weighted by molar-refractivity contribution is 5.76. The first-order valence-corrected chi connectivity index (χ1v) is 6.05. The monoisotopic (exact) mass is 243 g/mol. The predicted octanol–water partition coefficient (Wildman–Crippen LogP) is 1.86. The Kier molecular flexibility index (Phi) is 2.87. The van der Waals surface area contributed by atoms with Crippen molar-refractivity contribution in [2.45, 2.75) is 25.6 Å². The van der Waals surface area contributed by atoms with Gasteiger partial charge in [-0.25, -0.2) is 4.98 Å². The summed E-state index contributed by atoms with van der Waals surface area (Å²) < 4.78 is 7.00. The highest BCUT2D eigenvalue weighted by atomic mass is 16.8. The van der Waals surface area contributed by atoms with Crippen LogP contribution < -0.4 is 4.84 Å². The lowest BCUT2D eigenvalue weighted by atomic mass is 10.2. The molecule has 0 spiro atoms. The minimum atomic E-state index is -0.288. The summed E-state index contributed by atoms with van der Waals surface area (Å²) in [4.78, 5) is 9.96. The molecular weight excluding hydrogens is 230 g/mol. The zero-order chi connectivity index (χ0) is 12.4. The molecule has 0 radical (unpaired) electrons. The molecule has 1 atom stereocenters. The maximum atomic E-state index is 9.09. The van der Waals surface area contributed by atoms with Crippen LogP contribution >= 0.6 is 0 Å². The number of rotatable bonds is 2. The number of aromatic nitrogens is 2. The SMILES string of the molecule is N#Cc1nc2ccccc2n1OC1CCCCO1. The molecule has 0 N–H and O–H groups in total. The van der Waals surface area contributed by atoms with Crippen LogP contribution in [0.5, 0.6) is 0 Å². The molecule has 5 heteroatoms. The van der Waals surface area contributed by atoms with Crippen molar-refractivity contribution in [1.29, 1.82) is 5.26 Å². The van der Waals surface area contributed by atoms with Crippen LogP contribution in [0, 0.1) is 11.3 Å². The van der Waals surface area contributed by atoms with Gasteiger partial charge in [0.25, 0.3) is 0 Å². The molecule has 0 saturated carbocycles. The van der Waals surface area contributed by atoms with Gasteiger partial charge in [-0.05, 0) is 25.0 Å². The van der Waals surface area contributed by atoms with Crippen LogP contribution in [-0.2, 0) is 4.74 Å². The van der Waals surface area contributed by atoms with E-state index in [9.17, 15) is 0 Å². The number of nitriles is 1. The Bertz CT molecular complexity index is 594. The molecule has 1 aromatic carbocycles. The molecule has 92 valence electrons. The Labute approximate surface area is 105 Å². The topological polar surface area (TPSA) is 60.1 Å². The first-order valence-electron chi connectivity index (χ1n) is 6.05. The second-order valence-electron chi connectivity index (χ2n) is 4.23. The number of fused-ring (bicyclic) bond motifs is 1. The molecule has 5 nitrogen and oxygen atoms in total. The summed E-state index contributed by atoms with van der Waals surface area (Å²) in [6.07, 6.45) is 2.70. The minimum absolute atomic E-state index is 0.255. The van der Waals surface area contributed by atoms with Crippen molar-refractivity contribution in [3.63, 3.8) is 0 Å². The summed E-state index contributed by atoms with van der Waals surface area (Å²) in [5, 5.41) is 9.09. The van der Waals surface area contributed by atoms with Gasteiger partial charge in [-0.3, -0.25) is 0 Å². The van der Waals surface area contributed by atoms with E-state index < -0.39 is 0 Å². The fourth-order valence-corrected chi connectivity index (χ4v) is 2.09. The van der Waals surface area contributed by atoms with Gasteiger partial charge in [0.05, 0.1) is 12.1 Å². The molecule has 3 rings (SSSR count). The molecule has 1 fully saturated rings. The van der Waals surface area contributed by atoms with Crippen molar-refractivity contribution in [2.75, 3.05) is 6.61 Å². The molecule has 2 heterocycles. The fourth-order valence-electron chi connectivity index (χ4n) is 2.09. The Morgan fingerprint density at radius 2 is 2.28 bits per heavy atom. The first kappa shape index (κ1) is 11.1. The number of nitrogens with zero attached hydrogens (tertiary/aromatic N) is 3. The standard InChI is InChI=1S/C13H13N3O2/c14-9-12-15-10-5-1-2-6-11(10)16(12)18-13-7-3-4-8-17-13/h1-2,5-6,13H,3-4,7-8H2. The van der Waals surface area contributed by atoms with E-state index in [2.05, 4.69) is 4.98 Å². The number of hydrogen-bond acceptors (Lipinski definition) is 4. The van der Waals surface area contributed by atoms with Crippen LogP contribution in [0.25, 0.3) is 11.0 Å². The second-order valence-corrected chi connectivity index (χ2v) is 4.23. The van der Waals surface area contributed by atoms with Crippen LogP contribution in [0.15, 0.2) is 24.3 Å². The maximum Gasteiger partial charge on any atom is 0.247 e. The van der Waals surface area contributed by atoms with Crippen molar-refractivity contribution in [3.8, 4) is 6.07 Å². The van der Waals surface area contributed by atoms with E-state index in [-0.39, 0.29) is 12.1 Å². The predicted molar refractivity (Wildman–Crippen MR) is 64.6 cm³/mol. The molecule has 2 aromatic rings. The Balaban J connectivity index is 1.96. The van der Waals surface area contributed by atoms with Gasteiger partial charge in [0.1, 0.15) is 11.6 Å². The highest BCUT2D eigenvalue weighted by Crippen LogP contribution is 2.17. The van der Waals surface area contributed by atoms with Gasteiger partial charge in [-0.2, -0.15) is 5.26 Å². The van der Waals surface area contributed by atoms with Crippen molar-refractivity contribution in [2.24, 2.45) is 0 Å². The van der Waals surface area contributed by atoms with Crippen molar-refractivity contribution < 1.29 is 9.57 Å². The molecule has 1 saturated heterocycles. The highest BCUT2D eigenvalue weighted by Gasteiger charge is 2.19.